The number of hydrogen-bond acceptors (Lipinski definition) is 8. The highest BCUT2D eigenvalue weighted by Crippen LogP contribution is 2.19. The van der Waals surface area contributed by atoms with Gasteiger partial charge in [0.15, 0.2) is 0 Å². The number of carbonyl (C=O) groups is 2. The van der Waals surface area contributed by atoms with Gasteiger partial charge in [-0.1, -0.05) is 24.8 Å². The summed E-state index contributed by atoms with van der Waals surface area (Å²) in [6.45, 7) is 12.6. The normalized spacial score (nSPS) is 11.3. The minimum atomic E-state index is -0.446. The van der Waals surface area contributed by atoms with Gasteiger partial charge in [-0.25, -0.2) is 0 Å². The van der Waals surface area contributed by atoms with E-state index in [0.717, 1.165) is 5.71 Å². The van der Waals surface area contributed by atoms with Crippen molar-refractivity contribution in [3.05, 3.63) is 101 Å². The molecule has 16 heteroatoms. The van der Waals surface area contributed by atoms with Crippen LogP contribution >= 0.6 is 0 Å². The SMILES string of the molecule is C=C/C(=C\C=C/C)NC(=O)c1cccc(C(=O)Nc2cc(/C(C)=N\N=C(N)N)cc(/C(C)=N\N=C(N)N)c2)c1.CC(C)=NN=C(N)N. The molecular weight excluding hydrogens is 600 g/mol. The Morgan fingerprint density at radius 1 is 0.681 bits per heavy atom. The monoisotopic (exact) mass is 642 g/mol. The lowest BCUT2D eigenvalue weighted by Crippen LogP contribution is -2.22. The van der Waals surface area contributed by atoms with Gasteiger partial charge in [-0.3, -0.25) is 9.59 Å². The van der Waals surface area contributed by atoms with Gasteiger partial charge in [0.2, 0.25) is 17.9 Å². The Bertz CT molecular complexity index is 1610. The number of benzene rings is 2. The summed E-state index contributed by atoms with van der Waals surface area (Å²) in [4.78, 5) is 25.9. The smallest absolute Gasteiger partial charge is 0.255 e. The Hall–Kier alpha value is -6.58. The Balaban J connectivity index is 0.00000122. The highest BCUT2D eigenvalue weighted by molar-refractivity contribution is 6.09. The third-order valence-corrected chi connectivity index (χ3v) is 5.36. The number of nitrogens with one attached hydrogen (secondary N) is 2. The van der Waals surface area contributed by atoms with Gasteiger partial charge in [0, 0.05) is 39.3 Å². The van der Waals surface area contributed by atoms with E-state index in [1.165, 1.54) is 12.1 Å². The van der Waals surface area contributed by atoms with Crippen LogP contribution in [0.15, 0.2) is 110 Å². The molecule has 0 radical (unpaired) electrons. The molecule has 47 heavy (non-hydrogen) atoms. The maximum absolute atomic E-state index is 13.2. The molecular formula is C31H42N14O2. The van der Waals surface area contributed by atoms with Crippen molar-refractivity contribution in [2.24, 2.45) is 65.0 Å². The summed E-state index contributed by atoms with van der Waals surface area (Å²) in [5.74, 6) is -1.25. The molecule has 16 nitrogen and oxygen atoms in total. The predicted molar refractivity (Wildman–Crippen MR) is 192 cm³/mol. The summed E-state index contributed by atoms with van der Waals surface area (Å²) in [7, 11) is 0. The minimum Gasteiger partial charge on any atom is -0.369 e. The minimum absolute atomic E-state index is 0.00815. The number of guanidine groups is 3. The van der Waals surface area contributed by atoms with E-state index in [1.807, 2.05) is 26.8 Å². The Morgan fingerprint density at radius 3 is 1.57 bits per heavy atom. The number of carbonyl (C=O) groups excluding carboxylic acids is 2. The highest BCUT2D eigenvalue weighted by Gasteiger charge is 2.13. The lowest BCUT2D eigenvalue weighted by molar-refractivity contribution is 0.0967. The van der Waals surface area contributed by atoms with Gasteiger partial charge in [-0.2, -0.15) is 15.3 Å². The van der Waals surface area contributed by atoms with Crippen LogP contribution in [0.2, 0.25) is 0 Å². The van der Waals surface area contributed by atoms with Crippen LogP contribution in [0.25, 0.3) is 0 Å². The molecule has 2 aromatic carbocycles. The second-order valence-corrected chi connectivity index (χ2v) is 9.63. The van der Waals surface area contributed by atoms with Crippen LogP contribution in [0.4, 0.5) is 5.69 Å². The van der Waals surface area contributed by atoms with Crippen LogP contribution in [0.1, 0.15) is 66.5 Å². The first kappa shape index (κ1) is 38.4. The van der Waals surface area contributed by atoms with E-state index in [2.05, 4.69) is 47.8 Å². The van der Waals surface area contributed by atoms with E-state index < -0.39 is 5.91 Å². The highest BCUT2D eigenvalue weighted by atomic mass is 16.2. The van der Waals surface area contributed by atoms with Crippen molar-refractivity contribution in [3.8, 4) is 0 Å². The van der Waals surface area contributed by atoms with Crippen LogP contribution < -0.4 is 45.0 Å². The van der Waals surface area contributed by atoms with E-state index in [0.29, 0.717) is 39.5 Å². The van der Waals surface area contributed by atoms with Crippen LogP contribution in [-0.2, 0) is 0 Å². The van der Waals surface area contributed by atoms with Gasteiger partial charge in [-0.05, 0) is 83.2 Å². The molecule has 0 saturated carbocycles. The molecule has 0 unspecified atom stereocenters. The first-order valence-corrected chi connectivity index (χ1v) is 13.9. The van der Waals surface area contributed by atoms with Crippen LogP contribution in [0.3, 0.4) is 0 Å². The molecule has 0 spiro atoms. The molecule has 14 N–H and O–H groups in total. The van der Waals surface area contributed by atoms with E-state index in [1.54, 1.807) is 62.4 Å². The molecule has 0 heterocycles. The summed E-state index contributed by atoms with van der Waals surface area (Å²) >= 11 is 0. The molecule has 0 bridgehead atoms. The molecule has 0 saturated heterocycles. The van der Waals surface area contributed by atoms with Crippen LogP contribution in [0, 0.1) is 0 Å². The molecule has 2 rings (SSSR count). The van der Waals surface area contributed by atoms with E-state index in [-0.39, 0.29) is 29.3 Å². The number of amides is 2. The molecule has 2 aromatic rings. The molecule has 0 fully saturated rings. The number of hydrogen-bond donors (Lipinski definition) is 8. The van der Waals surface area contributed by atoms with Crippen molar-refractivity contribution in [1.82, 2.24) is 5.32 Å². The Morgan fingerprint density at radius 2 is 1.15 bits per heavy atom. The van der Waals surface area contributed by atoms with Gasteiger partial charge in [-0.15, -0.1) is 15.3 Å². The number of nitrogens with zero attached hydrogens (tertiary/aromatic N) is 6. The zero-order chi connectivity index (χ0) is 35.5. The predicted octanol–water partition coefficient (Wildman–Crippen LogP) is 1.97. The first-order valence-electron chi connectivity index (χ1n) is 13.9. The fraction of sp³-hybridized carbons (Fsp3) is 0.161. The van der Waals surface area contributed by atoms with E-state index in [4.69, 9.17) is 34.4 Å². The number of anilines is 1. The van der Waals surface area contributed by atoms with Gasteiger partial charge in [0.1, 0.15) is 0 Å². The van der Waals surface area contributed by atoms with Crippen LogP contribution in [0.5, 0.6) is 0 Å². The molecule has 248 valence electrons. The summed E-state index contributed by atoms with van der Waals surface area (Å²) in [6, 6.07) is 11.5. The molecule has 2 amide bonds. The van der Waals surface area contributed by atoms with Crippen LogP contribution in [-0.4, -0.2) is 46.8 Å². The van der Waals surface area contributed by atoms with E-state index >= 15 is 0 Å². The molecule has 0 atom stereocenters. The maximum Gasteiger partial charge on any atom is 0.255 e. The van der Waals surface area contributed by atoms with Gasteiger partial charge < -0.3 is 45.0 Å². The Labute approximate surface area is 273 Å². The quantitative estimate of drug-likeness (QED) is 0.0773. The molecule has 0 aromatic heterocycles. The maximum atomic E-state index is 13.2. The molecule has 0 aliphatic heterocycles. The van der Waals surface area contributed by atoms with Crippen molar-refractivity contribution in [3.63, 3.8) is 0 Å². The number of nitrogens with two attached hydrogens (primary N) is 6. The van der Waals surface area contributed by atoms with Crippen molar-refractivity contribution in [2.45, 2.75) is 34.6 Å². The average Bonchev–Trinajstić information content (AvgIpc) is 3.03. The largest absolute Gasteiger partial charge is 0.369 e. The standard InChI is InChI=1S/C27H32N10O2.C4H10N4/c1-5-7-11-22(6-2)32-24(38)18-9-8-10-19(12-18)25(39)33-23-14-20(16(3)34-36-26(28)29)13-21(15-23)17(4)35-37-27(30)31;1-3(2)7-8-4(5)6/h5-15H,2H2,1,3-4H3,(H,32,38)(H,33,39)(H4,28,29,36)(H4,30,31,37);1-2H3,(H4,5,6,8)/b7-5-,22-11+,34-16-,35-17-;. The van der Waals surface area contributed by atoms with Crippen molar-refractivity contribution < 1.29 is 9.59 Å². The topological polar surface area (TPSA) is 288 Å². The number of rotatable bonds is 11. The average molecular weight is 643 g/mol. The molecule has 0 aliphatic rings. The first-order chi connectivity index (χ1) is 22.2. The van der Waals surface area contributed by atoms with Crippen molar-refractivity contribution in [1.29, 1.82) is 0 Å². The van der Waals surface area contributed by atoms with E-state index in [9.17, 15) is 9.59 Å². The van der Waals surface area contributed by atoms with Crippen molar-refractivity contribution in [2.75, 3.05) is 5.32 Å². The zero-order valence-corrected chi connectivity index (χ0v) is 27.0. The summed E-state index contributed by atoms with van der Waals surface area (Å²) in [5.41, 5.74) is 35.9. The molecule has 0 aliphatic carbocycles. The lowest BCUT2D eigenvalue weighted by atomic mass is 10.0. The van der Waals surface area contributed by atoms with Crippen molar-refractivity contribution >= 4 is 52.5 Å². The third kappa shape index (κ3) is 15.1. The summed E-state index contributed by atoms with van der Waals surface area (Å²) in [5, 5.41) is 27.9. The van der Waals surface area contributed by atoms with Gasteiger partial charge in [0.05, 0.1) is 11.4 Å². The number of allylic oxidation sites excluding steroid dienone is 4. The second-order valence-electron chi connectivity index (χ2n) is 9.63. The second kappa shape index (κ2) is 19.6. The summed E-state index contributed by atoms with van der Waals surface area (Å²) < 4.78 is 0. The zero-order valence-electron chi connectivity index (χ0n) is 27.0. The van der Waals surface area contributed by atoms with Gasteiger partial charge in [0.25, 0.3) is 11.8 Å². The van der Waals surface area contributed by atoms with Gasteiger partial charge >= 0.3 is 0 Å². The Kier molecular flexibility index (Phi) is 16.1. The summed E-state index contributed by atoms with van der Waals surface area (Å²) in [6.07, 6.45) is 6.83. The fourth-order valence-electron chi connectivity index (χ4n) is 3.23. The third-order valence-electron chi connectivity index (χ3n) is 5.36. The fourth-order valence-corrected chi connectivity index (χ4v) is 3.23. The lowest BCUT2D eigenvalue weighted by Gasteiger charge is -2.12.